The second kappa shape index (κ2) is 8.55. The monoisotopic (exact) mass is 358 g/mol. The standard InChI is InChI=1S/C16H23FN2O4S/c1-24(21,22)19(15-5-9-23-10-6-15)8-7-18-16(20)12-13-3-2-4-14(17)11-13/h2-4,11,15H,5-10,12H2,1H3,(H,18,20). The number of hydrogen-bond donors (Lipinski definition) is 1. The molecular formula is C16H23FN2O4S. The van der Waals surface area contributed by atoms with Gasteiger partial charge in [-0.25, -0.2) is 12.8 Å². The molecule has 1 aliphatic heterocycles. The third kappa shape index (κ3) is 5.85. The van der Waals surface area contributed by atoms with Gasteiger partial charge in [-0.05, 0) is 30.5 Å². The van der Waals surface area contributed by atoms with Crippen molar-refractivity contribution in [3.8, 4) is 0 Å². The molecule has 24 heavy (non-hydrogen) atoms. The summed E-state index contributed by atoms with van der Waals surface area (Å²) in [5.74, 6) is -0.649. The van der Waals surface area contributed by atoms with Crippen LogP contribution in [-0.4, -0.2) is 57.2 Å². The van der Waals surface area contributed by atoms with Crippen molar-refractivity contribution in [2.75, 3.05) is 32.6 Å². The molecule has 1 amide bonds. The number of benzene rings is 1. The smallest absolute Gasteiger partial charge is 0.224 e. The molecule has 1 saturated heterocycles. The largest absolute Gasteiger partial charge is 0.381 e. The van der Waals surface area contributed by atoms with Crippen molar-refractivity contribution < 1.29 is 22.3 Å². The van der Waals surface area contributed by atoms with E-state index in [1.54, 1.807) is 12.1 Å². The Hall–Kier alpha value is -1.51. The number of carbonyl (C=O) groups excluding carboxylic acids is 1. The van der Waals surface area contributed by atoms with E-state index in [2.05, 4.69) is 5.32 Å². The molecule has 6 nitrogen and oxygen atoms in total. The summed E-state index contributed by atoms with van der Waals surface area (Å²) in [6.45, 7) is 1.53. The summed E-state index contributed by atoms with van der Waals surface area (Å²) >= 11 is 0. The lowest BCUT2D eigenvalue weighted by atomic mass is 10.1. The van der Waals surface area contributed by atoms with E-state index in [-0.39, 0.29) is 37.3 Å². The van der Waals surface area contributed by atoms with Gasteiger partial charge in [0.15, 0.2) is 0 Å². The highest BCUT2D eigenvalue weighted by Crippen LogP contribution is 2.16. The molecule has 1 aromatic carbocycles. The molecule has 1 heterocycles. The van der Waals surface area contributed by atoms with Gasteiger partial charge in [-0.15, -0.1) is 0 Å². The van der Waals surface area contributed by atoms with Gasteiger partial charge in [0.25, 0.3) is 0 Å². The SMILES string of the molecule is CS(=O)(=O)N(CCNC(=O)Cc1cccc(F)c1)C1CCOCC1. The van der Waals surface area contributed by atoms with E-state index in [0.717, 1.165) is 0 Å². The van der Waals surface area contributed by atoms with E-state index in [9.17, 15) is 17.6 Å². The molecule has 0 unspecified atom stereocenters. The fourth-order valence-electron chi connectivity index (χ4n) is 2.79. The lowest BCUT2D eigenvalue weighted by Crippen LogP contribution is -2.46. The van der Waals surface area contributed by atoms with Gasteiger partial charge in [-0.2, -0.15) is 4.31 Å². The third-order valence-electron chi connectivity index (χ3n) is 3.93. The maximum atomic E-state index is 13.1. The first kappa shape index (κ1) is 18.8. The quantitative estimate of drug-likeness (QED) is 0.787. The highest BCUT2D eigenvalue weighted by atomic mass is 32.2. The Morgan fingerprint density at radius 1 is 1.38 bits per heavy atom. The Morgan fingerprint density at radius 2 is 2.08 bits per heavy atom. The minimum absolute atomic E-state index is 0.0634. The van der Waals surface area contributed by atoms with Crippen LogP contribution >= 0.6 is 0 Å². The molecule has 1 N–H and O–H groups in total. The molecule has 134 valence electrons. The first-order valence-corrected chi connectivity index (χ1v) is 9.77. The number of ether oxygens (including phenoxy) is 1. The first-order valence-electron chi connectivity index (χ1n) is 7.92. The molecule has 1 fully saturated rings. The Balaban J connectivity index is 1.84. The van der Waals surface area contributed by atoms with E-state index < -0.39 is 10.0 Å². The van der Waals surface area contributed by atoms with Gasteiger partial charge >= 0.3 is 0 Å². The number of sulfonamides is 1. The van der Waals surface area contributed by atoms with E-state index in [1.807, 2.05) is 0 Å². The lowest BCUT2D eigenvalue weighted by Gasteiger charge is -2.32. The first-order chi connectivity index (χ1) is 11.4. The van der Waals surface area contributed by atoms with Crippen LogP contribution in [-0.2, 0) is 26.0 Å². The minimum atomic E-state index is -3.35. The summed E-state index contributed by atoms with van der Waals surface area (Å²) in [6, 6.07) is 5.76. The predicted molar refractivity (Wildman–Crippen MR) is 88.5 cm³/mol. The molecule has 0 aromatic heterocycles. The van der Waals surface area contributed by atoms with Gasteiger partial charge in [-0.3, -0.25) is 4.79 Å². The molecule has 2 rings (SSSR count). The van der Waals surface area contributed by atoms with Crippen molar-refractivity contribution in [1.82, 2.24) is 9.62 Å². The molecular weight excluding hydrogens is 335 g/mol. The van der Waals surface area contributed by atoms with Gasteiger partial charge in [0, 0.05) is 32.3 Å². The molecule has 0 atom stereocenters. The highest BCUT2D eigenvalue weighted by molar-refractivity contribution is 7.88. The van der Waals surface area contributed by atoms with Crippen molar-refractivity contribution >= 4 is 15.9 Å². The number of carbonyl (C=O) groups is 1. The highest BCUT2D eigenvalue weighted by Gasteiger charge is 2.28. The number of hydrogen-bond acceptors (Lipinski definition) is 4. The zero-order valence-electron chi connectivity index (χ0n) is 13.7. The summed E-state index contributed by atoms with van der Waals surface area (Å²) in [7, 11) is -3.35. The average molecular weight is 358 g/mol. The van der Waals surface area contributed by atoms with Crippen LogP contribution in [0.3, 0.4) is 0 Å². The van der Waals surface area contributed by atoms with E-state index in [0.29, 0.717) is 31.6 Å². The number of amides is 1. The molecule has 1 aliphatic rings. The van der Waals surface area contributed by atoms with E-state index >= 15 is 0 Å². The zero-order chi connectivity index (χ0) is 17.6. The van der Waals surface area contributed by atoms with Crippen molar-refractivity contribution in [1.29, 1.82) is 0 Å². The lowest BCUT2D eigenvalue weighted by molar-refractivity contribution is -0.120. The topological polar surface area (TPSA) is 75.7 Å². The summed E-state index contributed by atoms with van der Waals surface area (Å²) < 4.78 is 43.7. The van der Waals surface area contributed by atoms with Gasteiger partial charge in [0.2, 0.25) is 15.9 Å². The van der Waals surface area contributed by atoms with E-state index in [1.165, 1.54) is 22.7 Å². The fourth-order valence-corrected chi connectivity index (χ4v) is 3.97. The molecule has 8 heteroatoms. The number of nitrogens with one attached hydrogen (secondary N) is 1. The van der Waals surface area contributed by atoms with Crippen molar-refractivity contribution in [3.63, 3.8) is 0 Å². The van der Waals surface area contributed by atoms with Crippen molar-refractivity contribution in [3.05, 3.63) is 35.6 Å². The van der Waals surface area contributed by atoms with Crippen LogP contribution in [0.2, 0.25) is 0 Å². The van der Waals surface area contributed by atoms with Crippen LogP contribution in [0.15, 0.2) is 24.3 Å². The molecule has 0 aliphatic carbocycles. The maximum Gasteiger partial charge on any atom is 0.224 e. The number of rotatable bonds is 7. The fraction of sp³-hybridized carbons (Fsp3) is 0.562. The van der Waals surface area contributed by atoms with Crippen LogP contribution in [0.5, 0.6) is 0 Å². The Kier molecular flexibility index (Phi) is 6.70. The van der Waals surface area contributed by atoms with Crippen LogP contribution in [0.25, 0.3) is 0 Å². The molecule has 0 radical (unpaired) electrons. The van der Waals surface area contributed by atoms with Gasteiger partial charge < -0.3 is 10.1 Å². The van der Waals surface area contributed by atoms with E-state index in [4.69, 9.17) is 4.74 Å². The summed E-state index contributed by atoms with van der Waals surface area (Å²) in [5.41, 5.74) is 0.580. The minimum Gasteiger partial charge on any atom is -0.381 e. The number of nitrogens with zero attached hydrogens (tertiary/aromatic N) is 1. The molecule has 0 saturated carbocycles. The van der Waals surface area contributed by atoms with Crippen LogP contribution in [0.1, 0.15) is 18.4 Å². The Morgan fingerprint density at radius 3 is 2.71 bits per heavy atom. The second-order valence-electron chi connectivity index (χ2n) is 5.87. The second-order valence-corrected chi connectivity index (χ2v) is 7.81. The van der Waals surface area contributed by atoms with Crippen LogP contribution < -0.4 is 5.32 Å². The van der Waals surface area contributed by atoms with Gasteiger partial charge in [0.05, 0.1) is 12.7 Å². The van der Waals surface area contributed by atoms with Crippen molar-refractivity contribution in [2.24, 2.45) is 0 Å². The normalized spacial score (nSPS) is 16.3. The molecule has 0 bridgehead atoms. The van der Waals surface area contributed by atoms with Gasteiger partial charge in [-0.1, -0.05) is 12.1 Å². The Bertz CT molecular complexity index is 660. The van der Waals surface area contributed by atoms with Crippen molar-refractivity contribution in [2.45, 2.75) is 25.3 Å². The summed E-state index contributed by atoms with van der Waals surface area (Å²) in [4.78, 5) is 11.9. The van der Waals surface area contributed by atoms with Gasteiger partial charge in [0.1, 0.15) is 5.82 Å². The average Bonchev–Trinajstić information content (AvgIpc) is 2.51. The summed E-state index contributed by atoms with van der Waals surface area (Å²) in [6.07, 6.45) is 2.56. The zero-order valence-corrected chi connectivity index (χ0v) is 14.5. The third-order valence-corrected chi connectivity index (χ3v) is 5.26. The molecule has 1 aromatic rings. The van der Waals surface area contributed by atoms with Crippen LogP contribution in [0, 0.1) is 5.82 Å². The molecule has 0 spiro atoms. The summed E-state index contributed by atoms with van der Waals surface area (Å²) in [5, 5.41) is 2.69. The maximum absolute atomic E-state index is 13.1. The van der Waals surface area contributed by atoms with Crippen LogP contribution in [0.4, 0.5) is 4.39 Å². The number of halogens is 1. The predicted octanol–water partition coefficient (Wildman–Crippen LogP) is 0.925. The Labute approximate surface area is 142 Å².